The standard InChI is InChI=1S/C10H21NO7/c1-4(2)11-10(18)9(17)8(16)7(15)6(14)5(13)3-12/h4-9,12-17H,3H2,1-2H3,(H,11,18). The number of hydrogen-bond donors (Lipinski definition) is 7. The third kappa shape index (κ3) is 4.84. The van der Waals surface area contributed by atoms with E-state index in [1.54, 1.807) is 13.8 Å². The molecule has 0 aliphatic carbocycles. The molecule has 0 aromatic rings. The molecule has 0 saturated heterocycles. The molecular formula is C10H21NO7. The van der Waals surface area contributed by atoms with Crippen molar-refractivity contribution >= 4 is 5.91 Å². The van der Waals surface area contributed by atoms with Crippen LogP contribution in [-0.4, -0.2) is 79.7 Å². The van der Waals surface area contributed by atoms with E-state index in [4.69, 9.17) is 10.2 Å². The molecule has 0 radical (unpaired) electrons. The summed E-state index contributed by atoms with van der Waals surface area (Å²) >= 11 is 0. The lowest BCUT2D eigenvalue weighted by molar-refractivity contribution is -0.157. The van der Waals surface area contributed by atoms with Crippen LogP contribution < -0.4 is 5.32 Å². The molecule has 0 aromatic heterocycles. The first-order valence-electron chi connectivity index (χ1n) is 5.53. The average Bonchev–Trinajstić information content (AvgIpc) is 2.33. The quantitative estimate of drug-likeness (QED) is 0.251. The minimum absolute atomic E-state index is 0.274. The van der Waals surface area contributed by atoms with E-state index >= 15 is 0 Å². The lowest BCUT2D eigenvalue weighted by Crippen LogP contribution is -2.54. The molecule has 8 heteroatoms. The first-order valence-corrected chi connectivity index (χ1v) is 5.53. The van der Waals surface area contributed by atoms with Crippen LogP contribution in [-0.2, 0) is 4.79 Å². The highest BCUT2D eigenvalue weighted by Gasteiger charge is 2.37. The zero-order valence-corrected chi connectivity index (χ0v) is 10.3. The Morgan fingerprint density at radius 1 is 1.00 bits per heavy atom. The molecular weight excluding hydrogens is 246 g/mol. The lowest BCUT2D eigenvalue weighted by Gasteiger charge is -2.28. The second-order valence-corrected chi connectivity index (χ2v) is 4.33. The Balaban J connectivity index is 4.53. The van der Waals surface area contributed by atoms with E-state index in [0.717, 1.165) is 0 Å². The maximum atomic E-state index is 11.3. The molecule has 0 aliphatic rings. The van der Waals surface area contributed by atoms with Gasteiger partial charge in [0, 0.05) is 6.04 Å². The van der Waals surface area contributed by atoms with Gasteiger partial charge in [0.05, 0.1) is 6.61 Å². The van der Waals surface area contributed by atoms with Gasteiger partial charge < -0.3 is 36.0 Å². The van der Waals surface area contributed by atoms with Gasteiger partial charge in [-0.25, -0.2) is 0 Å². The molecule has 0 fully saturated rings. The van der Waals surface area contributed by atoms with E-state index < -0.39 is 43.0 Å². The van der Waals surface area contributed by atoms with Crippen LogP contribution >= 0.6 is 0 Å². The molecule has 5 atom stereocenters. The Kier molecular flexibility index (Phi) is 7.29. The van der Waals surface area contributed by atoms with Gasteiger partial charge in [-0.05, 0) is 13.8 Å². The fourth-order valence-electron chi connectivity index (χ4n) is 1.25. The van der Waals surface area contributed by atoms with Crippen molar-refractivity contribution in [2.45, 2.75) is 50.4 Å². The Hall–Kier alpha value is -0.770. The van der Waals surface area contributed by atoms with Crippen LogP contribution in [0.25, 0.3) is 0 Å². The predicted molar refractivity (Wildman–Crippen MR) is 60.4 cm³/mol. The van der Waals surface area contributed by atoms with E-state index in [2.05, 4.69) is 5.32 Å². The van der Waals surface area contributed by atoms with Gasteiger partial charge in [-0.3, -0.25) is 4.79 Å². The predicted octanol–water partition coefficient (Wildman–Crippen LogP) is -3.69. The topological polar surface area (TPSA) is 150 Å². The summed E-state index contributed by atoms with van der Waals surface area (Å²) in [4.78, 5) is 11.3. The second-order valence-electron chi connectivity index (χ2n) is 4.33. The van der Waals surface area contributed by atoms with Crippen molar-refractivity contribution in [1.82, 2.24) is 5.32 Å². The summed E-state index contributed by atoms with van der Waals surface area (Å²) in [5.41, 5.74) is 0. The Labute approximate surface area is 105 Å². The number of amides is 1. The van der Waals surface area contributed by atoms with E-state index in [1.807, 2.05) is 0 Å². The molecule has 5 unspecified atom stereocenters. The Morgan fingerprint density at radius 3 is 1.89 bits per heavy atom. The average molecular weight is 267 g/mol. The zero-order valence-electron chi connectivity index (χ0n) is 10.3. The van der Waals surface area contributed by atoms with Gasteiger partial charge in [0.25, 0.3) is 5.91 Å². The minimum Gasteiger partial charge on any atom is -0.394 e. The lowest BCUT2D eigenvalue weighted by atomic mass is 9.99. The molecule has 7 N–H and O–H groups in total. The fraction of sp³-hybridized carbons (Fsp3) is 0.900. The van der Waals surface area contributed by atoms with Gasteiger partial charge in [0.15, 0.2) is 6.10 Å². The van der Waals surface area contributed by atoms with E-state index in [0.29, 0.717) is 0 Å². The van der Waals surface area contributed by atoms with Gasteiger partial charge in [-0.1, -0.05) is 0 Å². The van der Waals surface area contributed by atoms with E-state index in [1.165, 1.54) is 0 Å². The number of aliphatic hydroxyl groups excluding tert-OH is 6. The third-order valence-corrected chi connectivity index (χ3v) is 2.30. The highest BCUT2D eigenvalue weighted by atomic mass is 16.4. The second kappa shape index (κ2) is 7.62. The van der Waals surface area contributed by atoms with Crippen LogP contribution in [0.3, 0.4) is 0 Å². The van der Waals surface area contributed by atoms with Crippen LogP contribution in [0.5, 0.6) is 0 Å². The smallest absolute Gasteiger partial charge is 0.251 e. The third-order valence-electron chi connectivity index (χ3n) is 2.30. The molecule has 0 heterocycles. The van der Waals surface area contributed by atoms with Crippen molar-refractivity contribution in [1.29, 1.82) is 0 Å². The summed E-state index contributed by atoms with van der Waals surface area (Å²) in [5.74, 6) is -0.915. The highest BCUT2D eigenvalue weighted by molar-refractivity contribution is 5.81. The molecule has 108 valence electrons. The molecule has 8 nitrogen and oxygen atoms in total. The summed E-state index contributed by atoms with van der Waals surface area (Å²) in [7, 11) is 0. The number of aliphatic hydroxyl groups is 6. The monoisotopic (exact) mass is 267 g/mol. The molecule has 0 aliphatic heterocycles. The normalized spacial score (nSPS) is 20.1. The summed E-state index contributed by atoms with van der Waals surface area (Å²) in [5, 5.41) is 57.6. The molecule has 18 heavy (non-hydrogen) atoms. The first kappa shape index (κ1) is 17.2. The number of hydrogen-bond acceptors (Lipinski definition) is 7. The minimum atomic E-state index is -1.99. The van der Waals surface area contributed by atoms with Gasteiger partial charge in [-0.15, -0.1) is 0 Å². The fourth-order valence-corrected chi connectivity index (χ4v) is 1.25. The Morgan fingerprint density at radius 2 is 1.50 bits per heavy atom. The van der Waals surface area contributed by atoms with Crippen molar-refractivity contribution in [2.75, 3.05) is 6.61 Å². The van der Waals surface area contributed by atoms with Gasteiger partial charge in [-0.2, -0.15) is 0 Å². The maximum absolute atomic E-state index is 11.3. The molecule has 0 aromatic carbocycles. The van der Waals surface area contributed by atoms with Crippen LogP contribution in [0.15, 0.2) is 0 Å². The van der Waals surface area contributed by atoms with Crippen molar-refractivity contribution in [3.05, 3.63) is 0 Å². The van der Waals surface area contributed by atoms with Crippen LogP contribution in [0, 0.1) is 0 Å². The van der Waals surface area contributed by atoms with Gasteiger partial charge in [0.2, 0.25) is 0 Å². The van der Waals surface area contributed by atoms with Crippen molar-refractivity contribution in [3.8, 4) is 0 Å². The van der Waals surface area contributed by atoms with E-state index in [-0.39, 0.29) is 6.04 Å². The van der Waals surface area contributed by atoms with Crippen molar-refractivity contribution in [2.24, 2.45) is 0 Å². The number of nitrogens with one attached hydrogen (secondary N) is 1. The molecule has 0 rings (SSSR count). The highest BCUT2D eigenvalue weighted by Crippen LogP contribution is 2.09. The Bertz CT molecular complexity index is 261. The van der Waals surface area contributed by atoms with Crippen LogP contribution in [0.2, 0.25) is 0 Å². The first-order chi connectivity index (χ1) is 8.22. The molecule has 1 amide bonds. The molecule has 0 spiro atoms. The molecule has 0 bridgehead atoms. The maximum Gasteiger partial charge on any atom is 0.251 e. The summed E-state index contributed by atoms with van der Waals surface area (Å²) in [6.45, 7) is 2.44. The largest absolute Gasteiger partial charge is 0.394 e. The number of rotatable bonds is 7. The van der Waals surface area contributed by atoms with Crippen LogP contribution in [0.4, 0.5) is 0 Å². The summed E-state index contributed by atoms with van der Waals surface area (Å²) < 4.78 is 0. The van der Waals surface area contributed by atoms with Gasteiger partial charge in [0.1, 0.15) is 24.4 Å². The zero-order chi connectivity index (χ0) is 14.5. The number of carbonyl (C=O) groups is 1. The van der Waals surface area contributed by atoms with E-state index in [9.17, 15) is 25.2 Å². The molecule has 0 saturated carbocycles. The summed E-state index contributed by atoms with van der Waals surface area (Å²) in [6, 6.07) is -0.274. The van der Waals surface area contributed by atoms with Crippen molar-refractivity contribution in [3.63, 3.8) is 0 Å². The van der Waals surface area contributed by atoms with Crippen LogP contribution in [0.1, 0.15) is 13.8 Å². The van der Waals surface area contributed by atoms with Gasteiger partial charge >= 0.3 is 0 Å². The summed E-state index contributed by atoms with van der Waals surface area (Å²) in [6.07, 6.45) is -9.48. The van der Waals surface area contributed by atoms with Crippen molar-refractivity contribution < 1.29 is 35.4 Å². The SMILES string of the molecule is CC(C)NC(=O)C(O)C(O)C(O)C(O)C(O)CO. The number of carbonyl (C=O) groups excluding carboxylic acids is 1.